The summed E-state index contributed by atoms with van der Waals surface area (Å²) in [5, 5.41) is 8.95. The molecular weight excluding hydrogens is 209 g/mol. The van der Waals surface area contributed by atoms with Crippen LogP contribution in [0.1, 0.15) is 19.3 Å². The Bertz CT molecular complexity index is 268. The molecule has 1 fully saturated rings. The van der Waals surface area contributed by atoms with Crippen molar-refractivity contribution in [2.24, 2.45) is 0 Å². The SMILES string of the molecule is O=S(=O)(CCCF)N1CCCC1CO. The summed E-state index contributed by atoms with van der Waals surface area (Å²) >= 11 is 0. The second-order valence-electron chi connectivity index (χ2n) is 3.45. The van der Waals surface area contributed by atoms with Crippen LogP contribution in [0.5, 0.6) is 0 Å². The molecule has 1 aliphatic heterocycles. The van der Waals surface area contributed by atoms with Gasteiger partial charge in [-0.2, -0.15) is 4.31 Å². The van der Waals surface area contributed by atoms with Crippen LogP contribution in [0.2, 0.25) is 0 Å². The number of halogens is 1. The predicted octanol–water partition coefficient (Wildman–Crippen LogP) is 0.133. The van der Waals surface area contributed by atoms with E-state index in [2.05, 4.69) is 0 Å². The van der Waals surface area contributed by atoms with Crippen LogP contribution in [0, 0.1) is 0 Å². The van der Waals surface area contributed by atoms with Gasteiger partial charge in [-0.1, -0.05) is 0 Å². The summed E-state index contributed by atoms with van der Waals surface area (Å²) in [6.07, 6.45) is 1.52. The summed E-state index contributed by atoms with van der Waals surface area (Å²) in [6, 6.07) is -0.292. The van der Waals surface area contributed by atoms with Crippen molar-refractivity contribution in [2.75, 3.05) is 25.6 Å². The minimum atomic E-state index is -3.35. The highest BCUT2D eigenvalue weighted by Gasteiger charge is 2.32. The van der Waals surface area contributed by atoms with Crippen LogP contribution in [0.4, 0.5) is 4.39 Å². The van der Waals surface area contributed by atoms with Crippen LogP contribution < -0.4 is 0 Å². The topological polar surface area (TPSA) is 57.6 Å². The number of aliphatic hydroxyl groups is 1. The van der Waals surface area contributed by atoms with Crippen LogP contribution in [-0.4, -0.2) is 49.5 Å². The number of nitrogens with zero attached hydrogens (tertiary/aromatic N) is 1. The molecule has 0 aromatic carbocycles. The Morgan fingerprint density at radius 2 is 2.21 bits per heavy atom. The largest absolute Gasteiger partial charge is 0.395 e. The third kappa shape index (κ3) is 2.65. The first kappa shape index (κ1) is 11.9. The van der Waals surface area contributed by atoms with E-state index in [0.717, 1.165) is 6.42 Å². The van der Waals surface area contributed by atoms with Gasteiger partial charge in [-0.25, -0.2) is 8.42 Å². The molecule has 0 spiro atoms. The highest BCUT2D eigenvalue weighted by molar-refractivity contribution is 7.89. The number of alkyl halides is 1. The molecule has 1 rings (SSSR count). The van der Waals surface area contributed by atoms with Crippen molar-refractivity contribution in [2.45, 2.75) is 25.3 Å². The quantitative estimate of drug-likeness (QED) is 0.723. The fraction of sp³-hybridized carbons (Fsp3) is 1.00. The standard InChI is InChI=1S/C8H16FNO3S/c9-4-2-6-14(12,13)10-5-1-3-8(10)7-11/h8,11H,1-7H2. The summed E-state index contributed by atoms with van der Waals surface area (Å²) < 4.78 is 36.4. The van der Waals surface area contributed by atoms with E-state index >= 15 is 0 Å². The lowest BCUT2D eigenvalue weighted by atomic mass is 10.2. The lowest BCUT2D eigenvalue weighted by molar-refractivity contribution is 0.213. The summed E-state index contributed by atoms with van der Waals surface area (Å²) in [7, 11) is -3.35. The molecule has 84 valence electrons. The normalized spacial score (nSPS) is 24.3. The molecule has 1 saturated heterocycles. The molecule has 0 aromatic heterocycles. The summed E-state index contributed by atoms with van der Waals surface area (Å²) in [4.78, 5) is 0. The second-order valence-corrected chi connectivity index (χ2v) is 5.49. The molecule has 1 unspecified atom stereocenters. The van der Waals surface area contributed by atoms with Gasteiger partial charge in [-0.15, -0.1) is 0 Å². The molecule has 1 atom stereocenters. The van der Waals surface area contributed by atoms with E-state index in [9.17, 15) is 12.8 Å². The van der Waals surface area contributed by atoms with Crippen molar-refractivity contribution in [1.82, 2.24) is 4.31 Å². The monoisotopic (exact) mass is 225 g/mol. The minimum Gasteiger partial charge on any atom is -0.395 e. The van der Waals surface area contributed by atoms with Crippen molar-refractivity contribution in [3.8, 4) is 0 Å². The highest BCUT2D eigenvalue weighted by Crippen LogP contribution is 2.21. The first-order valence-electron chi connectivity index (χ1n) is 4.78. The molecule has 0 aromatic rings. The third-order valence-electron chi connectivity index (χ3n) is 2.43. The van der Waals surface area contributed by atoms with Crippen molar-refractivity contribution in [3.63, 3.8) is 0 Å². The zero-order chi connectivity index (χ0) is 10.6. The predicted molar refractivity (Wildman–Crippen MR) is 51.2 cm³/mol. The van der Waals surface area contributed by atoms with Gasteiger partial charge >= 0.3 is 0 Å². The third-order valence-corrected chi connectivity index (χ3v) is 4.43. The van der Waals surface area contributed by atoms with E-state index in [1.807, 2.05) is 0 Å². The van der Waals surface area contributed by atoms with E-state index < -0.39 is 16.7 Å². The first-order valence-corrected chi connectivity index (χ1v) is 6.39. The van der Waals surface area contributed by atoms with Crippen molar-refractivity contribution in [3.05, 3.63) is 0 Å². The second kappa shape index (κ2) is 5.04. The molecule has 4 nitrogen and oxygen atoms in total. The smallest absolute Gasteiger partial charge is 0.214 e. The van der Waals surface area contributed by atoms with Crippen LogP contribution in [0.3, 0.4) is 0 Å². The number of sulfonamides is 1. The molecule has 1 heterocycles. The van der Waals surface area contributed by atoms with Gasteiger partial charge in [0.25, 0.3) is 0 Å². The zero-order valence-corrected chi connectivity index (χ0v) is 8.84. The zero-order valence-electron chi connectivity index (χ0n) is 8.02. The average molecular weight is 225 g/mol. The van der Waals surface area contributed by atoms with Crippen molar-refractivity contribution < 1.29 is 17.9 Å². The number of hydrogen-bond donors (Lipinski definition) is 1. The Hall–Kier alpha value is -0.200. The highest BCUT2D eigenvalue weighted by atomic mass is 32.2. The molecule has 0 bridgehead atoms. The fourth-order valence-corrected chi connectivity index (χ4v) is 3.45. The van der Waals surface area contributed by atoms with E-state index in [-0.39, 0.29) is 24.8 Å². The number of rotatable bonds is 5. The van der Waals surface area contributed by atoms with Gasteiger partial charge in [0.15, 0.2) is 0 Å². The molecule has 14 heavy (non-hydrogen) atoms. The Kier molecular flexibility index (Phi) is 4.28. The molecule has 0 aliphatic carbocycles. The van der Waals surface area contributed by atoms with E-state index in [0.29, 0.717) is 13.0 Å². The Labute approximate surface area is 83.8 Å². The first-order chi connectivity index (χ1) is 6.61. The van der Waals surface area contributed by atoms with Gasteiger partial charge in [0.05, 0.1) is 19.0 Å². The number of hydrogen-bond acceptors (Lipinski definition) is 3. The van der Waals surface area contributed by atoms with Gasteiger partial charge in [0.1, 0.15) is 0 Å². The Balaban J connectivity index is 2.61. The van der Waals surface area contributed by atoms with Crippen LogP contribution in [0.15, 0.2) is 0 Å². The summed E-state index contributed by atoms with van der Waals surface area (Å²) in [5.41, 5.74) is 0. The van der Waals surface area contributed by atoms with E-state index in [1.165, 1.54) is 4.31 Å². The molecule has 1 aliphatic rings. The lowest BCUT2D eigenvalue weighted by Gasteiger charge is -2.21. The Morgan fingerprint density at radius 1 is 1.50 bits per heavy atom. The van der Waals surface area contributed by atoms with Crippen LogP contribution in [-0.2, 0) is 10.0 Å². The summed E-state index contributed by atoms with van der Waals surface area (Å²) in [6.45, 7) is -0.300. The molecule has 0 amide bonds. The average Bonchev–Trinajstić information content (AvgIpc) is 2.63. The van der Waals surface area contributed by atoms with Gasteiger partial charge in [0.2, 0.25) is 10.0 Å². The molecule has 1 N–H and O–H groups in total. The van der Waals surface area contributed by atoms with Gasteiger partial charge in [-0.05, 0) is 19.3 Å². The molecule has 0 saturated carbocycles. The fourth-order valence-electron chi connectivity index (χ4n) is 1.71. The maximum absolute atomic E-state index is 11.9. The van der Waals surface area contributed by atoms with Crippen molar-refractivity contribution >= 4 is 10.0 Å². The minimum absolute atomic E-state index is 0.0387. The van der Waals surface area contributed by atoms with Crippen LogP contribution >= 0.6 is 0 Å². The number of aliphatic hydroxyl groups excluding tert-OH is 1. The molecular formula is C8H16FNO3S. The van der Waals surface area contributed by atoms with Crippen molar-refractivity contribution in [1.29, 1.82) is 0 Å². The maximum Gasteiger partial charge on any atom is 0.214 e. The van der Waals surface area contributed by atoms with Gasteiger partial charge < -0.3 is 5.11 Å². The van der Waals surface area contributed by atoms with Gasteiger partial charge in [0, 0.05) is 12.6 Å². The maximum atomic E-state index is 11.9. The molecule has 0 radical (unpaired) electrons. The Morgan fingerprint density at radius 3 is 2.79 bits per heavy atom. The van der Waals surface area contributed by atoms with E-state index in [1.54, 1.807) is 0 Å². The molecule has 6 heteroatoms. The lowest BCUT2D eigenvalue weighted by Crippen LogP contribution is -2.39. The van der Waals surface area contributed by atoms with Crippen LogP contribution in [0.25, 0.3) is 0 Å². The summed E-state index contributed by atoms with van der Waals surface area (Å²) in [5.74, 6) is -0.153. The van der Waals surface area contributed by atoms with E-state index in [4.69, 9.17) is 5.11 Å². The van der Waals surface area contributed by atoms with Gasteiger partial charge in [-0.3, -0.25) is 4.39 Å².